The summed E-state index contributed by atoms with van der Waals surface area (Å²) >= 11 is 1.46. The first kappa shape index (κ1) is 13.6. The maximum atomic E-state index is 11.9. The molecule has 0 spiro atoms. The molecule has 0 aliphatic heterocycles. The molecule has 0 aliphatic rings. The van der Waals surface area contributed by atoms with Crippen molar-refractivity contribution in [1.29, 1.82) is 0 Å². The predicted molar refractivity (Wildman–Crippen MR) is 66.4 cm³/mol. The van der Waals surface area contributed by atoms with Crippen LogP contribution in [0, 0.1) is 0 Å². The third-order valence-corrected chi connectivity index (χ3v) is 3.05. The van der Waals surface area contributed by atoms with Crippen LogP contribution in [0.1, 0.15) is 15.2 Å². The summed E-state index contributed by atoms with van der Waals surface area (Å²) in [5.74, 6) is 0.0267. The van der Waals surface area contributed by atoms with E-state index in [0.29, 0.717) is 0 Å². The van der Waals surface area contributed by atoms with Gasteiger partial charge in [0.05, 0.1) is 0 Å². The molecule has 0 bridgehead atoms. The van der Waals surface area contributed by atoms with Gasteiger partial charge < -0.3 is 12.4 Å². The smallest absolute Gasteiger partial charge is 0.429 e. The quantitative estimate of drug-likeness (QED) is 0.537. The van der Waals surface area contributed by atoms with Crippen LogP contribution in [0.4, 0.5) is 0 Å². The molecule has 1 heterocycles. The van der Waals surface area contributed by atoms with Crippen LogP contribution in [-0.4, -0.2) is 23.7 Å². The second kappa shape index (κ2) is 6.33. The molecule has 0 aliphatic carbocycles. The zero-order valence-electron chi connectivity index (χ0n) is 9.34. The van der Waals surface area contributed by atoms with Gasteiger partial charge in [-0.1, -0.05) is 24.3 Å². The van der Waals surface area contributed by atoms with Crippen molar-refractivity contribution in [2.24, 2.45) is 0 Å². The lowest BCUT2D eigenvalue weighted by Crippen LogP contribution is -3.00. The van der Waals surface area contributed by atoms with Crippen molar-refractivity contribution in [1.82, 2.24) is 0 Å². The van der Waals surface area contributed by atoms with E-state index >= 15 is 0 Å². The third kappa shape index (κ3) is 3.51. The van der Waals surface area contributed by atoms with Crippen molar-refractivity contribution in [2.75, 3.05) is 7.05 Å². The van der Waals surface area contributed by atoms with Gasteiger partial charge >= 0.3 is 5.91 Å². The van der Waals surface area contributed by atoms with E-state index in [-0.39, 0.29) is 18.3 Å². The van der Waals surface area contributed by atoms with Crippen molar-refractivity contribution in [3.8, 4) is 0 Å². The van der Waals surface area contributed by atoms with E-state index in [1.165, 1.54) is 11.3 Å². The fourth-order valence-corrected chi connectivity index (χ4v) is 2.10. The summed E-state index contributed by atoms with van der Waals surface area (Å²) in [5, 5.41) is 1.91. The maximum absolute atomic E-state index is 11.9. The van der Waals surface area contributed by atoms with Crippen LogP contribution < -0.4 is 12.4 Å². The van der Waals surface area contributed by atoms with Gasteiger partial charge in [0, 0.05) is 5.56 Å². The number of hydrogen-bond donors (Lipinski definition) is 0. The highest BCUT2D eigenvalue weighted by atomic mass is 35.5. The number of rotatable bonds is 2. The SMILES string of the molecule is C[N+](=Cc1ccccc1)C(=O)c1cccs1.[Cl-]. The first-order valence-electron chi connectivity index (χ1n) is 4.98. The van der Waals surface area contributed by atoms with Crippen molar-refractivity contribution < 1.29 is 21.8 Å². The van der Waals surface area contributed by atoms with E-state index in [2.05, 4.69) is 0 Å². The number of thiophene rings is 1. The Bertz CT molecular complexity index is 505. The zero-order chi connectivity index (χ0) is 11.4. The molecule has 88 valence electrons. The van der Waals surface area contributed by atoms with Crippen LogP contribution in [0.5, 0.6) is 0 Å². The maximum Gasteiger partial charge on any atom is 0.429 e. The van der Waals surface area contributed by atoms with Crippen LogP contribution in [-0.2, 0) is 0 Å². The Morgan fingerprint density at radius 3 is 2.47 bits per heavy atom. The standard InChI is InChI=1S/C13H12NOS.ClH/c1-14(10-11-6-3-2-4-7-11)13(15)12-8-5-9-16-12;/h2-10H,1H3;1H/q+1;/p-1. The molecule has 0 fully saturated rings. The molecule has 0 N–H and O–H groups in total. The topological polar surface area (TPSA) is 20.1 Å². The highest BCUT2D eigenvalue weighted by Gasteiger charge is 2.16. The molecule has 0 radical (unpaired) electrons. The van der Waals surface area contributed by atoms with E-state index in [9.17, 15) is 4.79 Å². The lowest BCUT2D eigenvalue weighted by atomic mass is 10.2. The van der Waals surface area contributed by atoms with Gasteiger partial charge in [0.2, 0.25) is 0 Å². The van der Waals surface area contributed by atoms with Crippen molar-refractivity contribution >= 4 is 23.5 Å². The summed E-state index contributed by atoms with van der Waals surface area (Å²) in [6.45, 7) is 0. The Morgan fingerprint density at radius 2 is 1.88 bits per heavy atom. The fourth-order valence-electron chi connectivity index (χ4n) is 1.40. The monoisotopic (exact) mass is 265 g/mol. The average molecular weight is 266 g/mol. The van der Waals surface area contributed by atoms with E-state index in [1.807, 2.05) is 54.1 Å². The molecular weight excluding hydrogens is 254 g/mol. The first-order valence-corrected chi connectivity index (χ1v) is 5.86. The molecular formula is C13H12ClNOS. The number of halogens is 1. The van der Waals surface area contributed by atoms with E-state index in [1.54, 1.807) is 11.6 Å². The van der Waals surface area contributed by atoms with Gasteiger partial charge in [0.25, 0.3) is 0 Å². The molecule has 0 saturated heterocycles. The molecule has 1 aromatic carbocycles. The summed E-state index contributed by atoms with van der Waals surface area (Å²) in [7, 11) is 1.77. The van der Waals surface area contributed by atoms with E-state index in [0.717, 1.165) is 10.4 Å². The summed E-state index contributed by atoms with van der Waals surface area (Å²) in [6.07, 6.45) is 1.84. The molecule has 2 rings (SSSR count). The molecule has 1 amide bonds. The Kier molecular flexibility index (Phi) is 5.07. The van der Waals surface area contributed by atoms with Gasteiger partial charge in [0.15, 0.2) is 6.21 Å². The predicted octanol–water partition coefficient (Wildman–Crippen LogP) is -0.346. The second-order valence-electron chi connectivity index (χ2n) is 3.43. The molecule has 4 heteroatoms. The highest BCUT2D eigenvalue weighted by molar-refractivity contribution is 7.11. The largest absolute Gasteiger partial charge is 1.00 e. The third-order valence-electron chi connectivity index (χ3n) is 2.19. The number of hydrogen-bond acceptors (Lipinski definition) is 2. The minimum absolute atomic E-state index is 0. The minimum atomic E-state index is 0. The Hall–Kier alpha value is -1.45. The van der Waals surface area contributed by atoms with Crippen LogP contribution >= 0.6 is 11.3 Å². The summed E-state index contributed by atoms with van der Waals surface area (Å²) in [4.78, 5) is 12.7. The van der Waals surface area contributed by atoms with E-state index < -0.39 is 0 Å². The zero-order valence-corrected chi connectivity index (χ0v) is 10.9. The molecule has 0 atom stereocenters. The molecule has 2 aromatic rings. The normalized spacial score (nSPS) is 10.8. The molecule has 0 unspecified atom stereocenters. The molecule has 0 saturated carbocycles. The average Bonchev–Trinajstić information content (AvgIpc) is 2.83. The van der Waals surface area contributed by atoms with Crippen molar-refractivity contribution in [3.05, 3.63) is 58.3 Å². The fraction of sp³-hybridized carbons (Fsp3) is 0.0769. The molecule has 1 aromatic heterocycles. The van der Waals surface area contributed by atoms with Gasteiger partial charge in [-0.2, -0.15) is 4.58 Å². The number of benzene rings is 1. The number of amides is 1. The van der Waals surface area contributed by atoms with Crippen molar-refractivity contribution in [3.63, 3.8) is 0 Å². The number of carbonyl (C=O) groups excluding carboxylic acids is 1. The Morgan fingerprint density at radius 1 is 1.18 bits per heavy atom. The number of carbonyl (C=O) groups is 1. The van der Waals surface area contributed by atoms with Gasteiger partial charge in [-0.15, -0.1) is 11.3 Å². The van der Waals surface area contributed by atoms with Gasteiger partial charge in [-0.3, -0.25) is 0 Å². The summed E-state index contributed by atoms with van der Waals surface area (Å²) in [6, 6.07) is 13.5. The first-order chi connectivity index (χ1) is 7.77. The van der Waals surface area contributed by atoms with Crippen LogP contribution in [0.3, 0.4) is 0 Å². The Balaban J connectivity index is 0.00000144. The summed E-state index contributed by atoms with van der Waals surface area (Å²) in [5.41, 5.74) is 1.02. The van der Waals surface area contributed by atoms with Crippen LogP contribution in [0.25, 0.3) is 0 Å². The number of nitrogens with zero attached hydrogens (tertiary/aromatic N) is 1. The molecule has 2 nitrogen and oxygen atoms in total. The van der Waals surface area contributed by atoms with Gasteiger partial charge in [0.1, 0.15) is 11.9 Å². The lowest BCUT2D eigenvalue weighted by molar-refractivity contribution is -0.388. The highest BCUT2D eigenvalue weighted by Crippen LogP contribution is 2.09. The molecule has 17 heavy (non-hydrogen) atoms. The van der Waals surface area contributed by atoms with Crippen LogP contribution in [0.15, 0.2) is 47.8 Å². The second-order valence-corrected chi connectivity index (χ2v) is 4.38. The van der Waals surface area contributed by atoms with Crippen molar-refractivity contribution in [2.45, 2.75) is 0 Å². The lowest BCUT2D eigenvalue weighted by Gasteiger charge is -1.93. The van der Waals surface area contributed by atoms with Gasteiger partial charge in [-0.05, 0) is 23.6 Å². The van der Waals surface area contributed by atoms with Crippen LogP contribution in [0.2, 0.25) is 0 Å². The Labute approximate surface area is 111 Å². The summed E-state index contributed by atoms with van der Waals surface area (Å²) < 4.78 is 1.61. The van der Waals surface area contributed by atoms with Gasteiger partial charge in [-0.25, -0.2) is 4.79 Å². The van der Waals surface area contributed by atoms with E-state index in [4.69, 9.17) is 0 Å². The minimum Gasteiger partial charge on any atom is -1.00 e.